The number of terminal acetylenes is 1. The molecule has 0 aromatic heterocycles. The van der Waals surface area contributed by atoms with Gasteiger partial charge in [0.2, 0.25) is 0 Å². The third-order valence-electron chi connectivity index (χ3n) is 4.50. The number of hydrogen-bond donors (Lipinski definition) is 1. The van der Waals surface area contributed by atoms with Crippen LogP contribution in [0.4, 0.5) is 0 Å². The first-order valence-electron chi connectivity index (χ1n) is 6.56. The quantitative estimate of drug-likeness (QED) is 0.593. The molecule has 2 nitrogen and oxygen atoms in total. The summed E-state index contributed by atoms with van der Waals surface area (Å²) < 4.78 is 0.0825. The van der Waals surface area contributed by atoms with E-state index in [0.29, 0.717) is 0 Å². The molecule has 0 radical (unpaired) electrons. The lowest BCUT2D eigenvalue weighted by Crippen LogP contribution is -2.31. The summed E-state index contributed by atoms with van der Waals surface area (Å²) in [6.45, 7) is 7.66. The minimum absolute atomic E-state index is 0.0825. The first-order valence-corrected chi connectivity index (χ1v) is 7.32. The van der Waals surface area contributed by atoms with Gasteiger partial charge in [-0.15, -0.1) is 6.42 Å². The molecule has 0 aromatic carbocycles. The third kappa shape index (κ3) is 2.38. The zero-order chi connectivity index (χ0) is 15.7. The smallest absolute Gasteiger partial charge is 0.312 e. The largest absolute Gasteiger partial charge is 0.481 e. The summed E-state index contributed by atoms with van der Waals surface area (Å²) in [5.74, 6) is 1.02. The maximum atomic E-state index is 12.0. The molecule has 4 heteroatoms. The lowest BCUT2D eigenvalue weighted by Gasteiger charge is -2.23. The van der Waals surface area contributed by atoms with Gasteiger partial charge >= 0.3 is 5.97 Å². The monoisotopic (exact) mass is 314 g/mol. The molecule has 0 saturated heterocycles. The van der Waals surface area contributed by atoms with E-state index in [1.807, 2.05) is 33.8 Å². The predicted octanol–water partition coefficient (Wildman–Crippen LogP) is 4.64. The van der Waals surface area contributed by atoms with Gasteiger partial charge in [-0.1, -0.05) is 61.5 Å². The van der Waals surface area contributed by atoms with E-state index in [1.165, 1.54) is 0 Å². The van der Waals surface area contributed by atoms with E-state index in [0.717, 1.165) is 12.0 Å². The third-order valence-corrected chi connectivity index (χ3v) is 4.75. The first-order chi connectivity index (χ1) is 9.17. The first kappa shape index (κ1) is 17.1. The van der Waals surface area contributed by atoms with Crippen molar-refractivity contribution < 1.29 is 9.90 Å². The van der Waals surface area contributed by atoms with Crippen molar-refractivity contribution in [2.75, 3.05) is 0 Å². The molecule has 0 aliphatic heterocycles. The molecule has 110 valence electrons. The maximum absolute atomic E-state index is 12.0. The molecule has 1 aliphatic rings. The van der Waals surface area contributed by atoms with E-state index < -0.39 is 22.7 Å². The van der Waals surface area contributed by atoms with E-state index in [2.05, 4.69) is 5.92 Å². The topological polar surface area (TPSA) is 37.3 Å². The van der Waals surface area contributed by atoms with Gasteiger partial charge in [-0.2, -0.15) is 0 Å². The van der Waals surface area contributed by atoms with Gasteiger partial charge in [0.25, 0.3) is 0 Å². The second kappa shape index (κ2) is 5.84. The van der Waals surface area contributed by atoms with Crippen LogP contribution in [0.1, 0.15) is 34.1 Å². The molecular formula is C16H20Cl2O2. The normalized spacial score (nSPS) is 29.2. The number of carbonyl (C=O) groups is 1. The van der Waals surface area contributed by atoms with Crippen molar-refractivity contribution in [3.63, 3.8) is 0 Å². The summed E-state index contributed by atoms with van der Waals surface area (Å²) in [5.41, 5.74) is -0.632. The average molecular weight is 315 g/mol. The Balaban J connectivity index is 3.40. The summed E-state index contributed by atoms with van der Waals surface area (Å²) in [4.78, 5) is 12.0. The highest BCUT2D eigenvalue weighted by Crippen LogP contribution is 2.74. The minimum atomic E-state index is -1.05. The highest BCUT2D eigenvalue weighted by Gasteiger charge is 2.78. The molecule has 3 atom stereocenters. The SMILES string of the molecule is C#CC(C(C)=CCC)C1(C(=O)O)C(C=C(Cl)Cl)C1(C)C. The Bertz CT molecular complexity index is 507. The number of hydrogen-bond acceptors (Lipinski definition) is 1. The summed E-state index contributed by atoms with van der Waals surface area (Å²) in [6.07, 6.45) is 10.0. The fourth-order valence-corrected chi connectivity index (χ4v) is 3.70. The van der Waals surface area contributed by atoms with Crippen LogP contribution in [0.25, 0.3) is 0 Å². The van der Waals surface area contributed by atoms with E-state index in [-0.39, 0.29) is 10.4 Å². The number of carboxylic acid groups (broad SMARTS) is 1. The molecule has 0 heterocycles. The standard InChI is InChI=1S/C16H20Cl2O2/c1-6-8-10(3)11(7-2)16(14(19)20)12(9-13(17)18)15(16,4)5/h2,8-9,11-12H,6H2,1,3-5H3,(H,19,20). The Kier molecular flexibility index (Phi) is 5.00. The molecule has 1 aliphatic carbocycles. The van der Waals surface area contributed by atoms with Gasteiger partial charge in [-0.3, -0.25) is 4.79 Å². The number of aliphatic carboxylic acids is 1. The van der Waals surface area contributed by atoms with Crippen molar-refractivity contribution in [2.45, 2.75) is 34.1 Å². The van der Waals surface area contributed by atoms with Crippen LogP contribution >= 0.6 is 23.2 Å². The predicted molar refractivity (Wildman–Crippen MR) is 83.5 cm³/mol. The highest BCUT2D eigenvalue weighted by atomic mass is 35.5. The highest BCUT2D eigenvalue weighted by molar-refractivity contribution is 6.55. The molecule has 1 rings (SSSR count). The Hall–Kier alpha value is -0.910. The van der Waals surface area contributed by atoms with Crippen molar-refractivity contribution in [3.05, 3.63) is 22.2 Å². The lowest BCUT2D eigenvalue weighted by atomic mass is 9.78. The van der Waals surface area contributed by atoms with Crippen LogP contribution in [0, 0.1) is 35.0 Å². The Labute approximate surface area is 130 Å². The van der Waals surface area contributed by atoms with Gasteiger partial charge in [0.05, 0.1) is 11.3 Å². The molecule has 0 amide bonds. The number of carboxylic acids is 1. The maximum Gasteiger partial charge on any atom is 0.312 e. The molecule has 0 spiro atoms. The fraction of sp³-hybridized carbons (Fsp3) is 0.562. The van der Waals surface area contributed by atoms with E-state index in [9.17, 15) is 9.90 Å². The molecule has 0 bridgehead atoms. The van der Waals surface area contributed by atoms with Crippen molar-refractivity contribution in [1.29, 1.82) is 0 Å². The van der Waals surface area contributed by atoms with Gasteiger partial charge in [0.1, 0.15) is 4.49 Å². The summed E-state index contributed by atoms with van der Waals surface area (Å²) >= 11 is 11.5. The molecule has 1 N–H and O–H groups in total. The van der Waals surface area contributed by atoms with Crippen molar-refractivity contribution in [3.8, 4) is 12.3 Å². The molecule has 0 aromatic rings. The average Bonchev–Trinajstić information content (AvgIpc) is 2.78. The van der Waals surface area contributed by atoms with Crippen LogP contribution < -0.4 is 0 Å². The second-order valence-electron chi connectivity index (χ2n) is 5.79. The van der Waals surface area contributed by atoms with E-state index in [1.54, 1.807) is 6.08 Å². The van der Waals surface area contributed by atoms with Crippen LogP contribution in [0.3, 0.4) is 0 Å². The van der Waals surface area contributed by atoms with Crippen molar-refractivity contribution in [2.24, 2.45) is 22.7 Å². The van der Waals surface area contributed by atoms with Gasteiger partial charge in [0.15, 0.2) is 0 Å². The fourth-order valence-electron chi connectivity index (χ4n) is 3.45. The Morgan fingerprint density at radius 2 is 2.05 bits per heavy atom. The summed E-state index contributed by atoms with van der Waals surface area (Å²) in [5, 5.41) is 9.80. The van der Waals surface area contributed by atoms with E-state index in [4.69, 9.17) is 29.6 Å². The Morgan fingerprint density at radius 3 is 2.40 bits per heavy atom. The molecular weight excluding hydrogens is 295 g/mol. The molecule has 1 saturated carbocycles. The second-order valence-corrected chi connectivity index (χ2v) is 6.79. The van der Waals surface area contributed by atoms with E-state index >= 15 is 0 Å². The Morgan fingerprint density at radius 1 is 1.50 bits per heavy atom. The van der Waals surface area contributed by atoms with Gasteiger partial charge in [0, 0.05) is 5.92 Å². The molecule has 20 heavy (non-hydrogen) atoms. The van der Waals surface area contributed by atoms with Crippen molar-refractivity contribution >= 4 is 29.2 Å². The van der Waals surface area contributed by atoms with Crippen LogP contribution in [-0.4, -0.2) is 11.1 Å². The van der Waals surface area contributed by atoms with Gasteiger partial charge in [-0.05, 0) is 24.8 Å². The van der Waals surface area contributed by atoms with Gasteiger partial charge < -0.3 is 5.11 Å². The van der Waals surface area contributed by atoms with Crippen molar-refractivity contribution in [1.82, 2.24) is 0 Å². The molecule has 1 fully saturated rings. The van der Waals surface area contributed by atoms with Crippen LogP contribution in [0.5, 0.6) is 0 Å². The van der Waals surface area contributed by atoms with Gasteiger partial charge in [-0.25, -0.2) is 0 Å². The lowest BCUT2D eigenvalue weighted by molar-refractivity contribution is -0.146. The number of rotatable bonds is 5. The van der Waals surface area contributed by atoms with Crippen LogP contribution in [-0.2, 0) is 4.79 Å². The molecule has 3 unspecified atom stereocenters. The zero-order valence-corrected chi connectivity index (χ0v) is 13.7. The summed E-state index contributed by atoms with van der Waals surface area (Å²) in [7, 11) is 0. The van der Waals surface area contributed by atoms with Crippen LogP contribution in [0.15, 0.2) is 22.2 Å². The zero-order valence-electron chi connectivity index (χ0n) is 12.2. The number of halogens is 2. The van der Waals surface area contributed by atoms with Crippen LogP contribution in [0.2, 0.25) is 0 Å². The summed E-state index contributed by atoms with van der Waals surface area (Å²) in [6, 6.07) is 0. The minimum Gasteiger partial charge on any atom is -0.481 e. The number of allylic oxidation sites excluding steroid dienone is 3.